The molecule has 0 fully saturated rings. The highest BCUT2D eigenvalue weighted by Crippen LogP contribution is 2.11. The molecule has 1 rings (SSSR count). The zero-order valence-corrected chi connectivity index (χ0v) is 12.0. The predicted octanol–water partition coefficient (Wildman–Crippen LogP) is 0.865. The second-order valence-electron chi connectivity index (χ2n) is 5.25. The van der Waals surface area contributed by atoms with Crippen molar-refractivity contribution >= 4 is 6.09 Å². The molecule has 1 amide bonds. The van der Waals surface area contributed by atoms with Gasteiger partial charge in [0.2, 0.25) is 0 Å². The van der Waals surface area contributed by atoms with E-state index in [9.17, 15) is 4.79 Å². The van der Waals surface area contributed by atoms with Gasteiger partial charge in [0.25, 0.3) is 0 Å². The first-order valence-corrected chi connectivity index (χ1v) is 6.42. The van der Waals surface area contributed by atoms with Crippen LogP contribution in [0, 0.1) is 0 Å². The Bertz CT molecular complexity index is 410. The molecule has 7 heteroatoms. The number of nitrogens with zero attached hydrogens (tertiary/aromatic N) is 3. The fourth-order valence-electron chi connectivity index (χ4n) is 1.63. The standard InChI is InChI=1S/C12H23N5O2/c1-5-17-10(15-8-16-17)9(6-13)7-14-11(18)19-12(2,3)4/h8-9H,5-7,13H2,1-4H3,(H,14,18). The molecule has 7 nitrogen and oxygen atoms in total. The Morgan fingerprint density at radius 3 is 2.79 bits per heavy atom. The molecule has 0 saturated carbocycles. The molecule has 108 valence electrons. The Kier molecular flexibility index (Phi) is 5.29. The van der Waals surface area contributed by atoms with Gasteiger partial charge >= 0.3 is 6.09 Å². The van der Waals surface area contributed by atoms with Crippen molar-refractivity contribution in [2.45, 2.75) is 45.8 Å². The van der Waals surface area contributed by atoms with Gasteiger partial charge in [-0.1, -0.05) is 0 Å². The van der Waals surface area contributed by atoms with Crippen LogP contribution in [0.2, 0.25) is 0 Å². The second-order valence-corrected chi connectivity index (χ2v) is 5.25. The highest BCUT2D eigenvalue weighted by atomic mass is 16.6. The van der Waals surface area contributed by atoms with E-state index in [1.807, 2.05) is 27.7 Å². The summed E-state index contributed by atoms with van der Waals surface area (Å²) in [6.07, 6.45) is 1.04. The summed E-state index contributed by atoms with van der Waals surface area (Å²) < 4.78 is 6.94. The number of alkyl carbamates (subject to hydrolysis) is 1. The van der Waals surface area contributed by atoms with Crippen LogP contribution in [0.3, 0.4) is 0 Å². The maximum absolute atomic E-state index is 11.6. The first-order valence-electron chi connectivity index (χ1n) is 6.42. The number of carbonyl (C=O) groups is 1. The molecular formula is C12H23N5O2. The minimum atomic E-state index is -0.508. The minimum absolute atomic E-state index is 0.0741. The zero-order valence-electron chi connectivity index (χ0n) is 12.0. The number of aromatic nitrogens is 3. The monoisotopic (exact) mass is 269 g/mol. The molecule has 1 aromatic rings. The van der Waals surface area contributed by atoms with Gasteiger partial charge in [-0.15, -0.1) is 0 Å². The third-order valence-electron chi connectivity index (χ3n) is 2.49. The lowest BCUT2D eigenvalue weighted by molar-refractivity contribution is 0.0524. The van der Waals surface area contributed by atoms with Gasteiger partial charge in [-0.2, -0.15) is 5.10 Å². The van der Waals surface area contributed by atoms with Crippen LogP contribution in [-0.2, 0) is 11.3 Å². The minimum Gasteiger partial charge on any atom is -0.444 e. The zero-order chi connectivity index (χ0) is 14.5. The highest BCUT2D eigenvalue weighted by Gasteiger charge is 2.20. The van der Waals surface area contributed by atoms with E-state index in [2.05, 4.69) is 15.4 Å². The fraction of sp³-hybridized carbons (Fsp3) is 0.750. The van der Waals surface area contributed by atoms with E-state index < -0.39 is 11.7 Å². The largest absolute Gasteiger partial charge is 0.444 e. The van der Waals surface area contributed by atoms with Gasteiger partial charge in [0.15, 0.2) is 0 Å². The number of nitrogens with two attached hydrogens (primary N) is 1. The summed E-state index contributed by atoms with van der Waals surface area (Å²) >= 11 is 0. The van der Waals surface area contributed by atoms with Crippen LogP contribution in [0.5, 0.6) is 0 Å². The summed E-state index contributed by atoms with van der Waals surface area (Å²) in [5.41, 5.74) is 5.22. The lowest BCUT2D eigenvalue weighted by Gasteiger charge is -2.21. The molecule has 0 aromatic carbocycles. The van der Waals surface area contributed by atoms with Crippen LogP contribution in [0.1, 0.15) is 39.4 Å². The van der Waals surface area contributed by atoms with Gasteiger partial charge in [0, 0.05) is 25.6 Å². The van der Waals surface area contributed by atoms with E-state index in [0.717, 1.165) is 12.4 Å². The first-order chi connectivity index (χ1) is 8.87. The molecule has 1 unspecified atom stereocenters. The molecule has 0 aliphatic heterocycles. The Labute approximate surface area is 113 Å². The third-order valence-corrected chi connectivity index (χ3v) is 2.49. The van der Waals surface area contributed by atoms with Gasteiger partial charge in [0.1, 0.15) is 17.8 Å². The van der Waals surface area contributed by atoms with Crippen LogP contribution in [-0.4, -0.2) is 39.5 Å². The van der Waals surface area contributed by atoms with Gasteiger partial charge in [-0.3, -0.25) is 0 Å². The lowest BCUT2D eigenvalue weighted by atomic mass is 10.1. The van der Waals surface area contributed by atoms with Crippen molar-refractivity contribution in [3.8, 4) is 0 Å². The number of amides is 1. The molecule has 1 heterocycles. The molecule has 1 aromatic heterocycles. The Morgan fingerprint density at radius 1 is 1.58 bits per heavy atom. The summed E-state index contributed by atoms with van der Waals surface area (Å²) in [5, 5.41) is 6.80. The SMILES string of the molecule is CCn1ncnc1C(CN)CNC(=O)OC(C)(C)C. The molecule has 0 aliphatic rings. The molecule has 0 bridgehead atoms. The van der Waals surface area contributed by atoms with E-state index in [1.54, 1.807) is 4.68 Å². The number of aryl methyl sites for hydroxylation is 1. The average Bonchev–Trinajstić information content (AvgIpc) is 2.76. The number of hydrogen-bond acceptors (Lipinski definition) is 5. The summed E-state index contributed by atoms with van der Waals surface area (Å²) in [7, 11) is 0. The van der Waals surface area contributed by atoms with Crippen LogP contribution >= 0.6 is 0 Å². The fourth-order valence-corrected chi connectivity index (χ4v) is 1.63. The van der Waals surface area contributed by atoms with Crippen LogP contribution in [0.4, 0.5) is 4.79 Å². The lowest BCUT2D eigenvalue weighted by Crippen LogP contribution is -2.37. The van der Waals surface area contributed by atoms with E-state index in [0.29, 0.717) is 13.1 Å². The molecule has 3 N–H and O–H groups in total. The maximum Gasteiger partial charge on any atom is 0.407 e. The third kappa shape index (κ3) is 4.86. The second kappa shape index (κ2) is 6.51. The van der Waals surface area contributed by atoms with E-state index >= 15 is 0 Å². The number of rotatable bonds is 5. The summed E-state index contributed by atoms with van der Waals surface area (Å²) in [6.45, 7) is 8.92. The number of nitrogens with one attached hydrogen (secondary N) is 1. The van der Waals surface area contributed by atoms with Crippen LogP contribution < -0.4 is 11.1 Å². The molecule has 19 heavy (non-hydrogen) atoms. The molecule has 0 aliphatic carbocycles. The van der Waals surface area contributed by atoms with Gasteiger partial charge < -0.3 is 15.8 Å². The van der Waals surface area contributed by atoms with Crippen molar-refractivity contribution in [2.24, 2.45) is 5.73 Å². The van der Waals surface area contributed by atoms with Crippen molar-refractivity contribution in [1.29, 1.82) is 0 Å². The molecule has 0 saturated heterocycles. The molecule has 0 spiro atoms. The average molecular weight is 269 g/mol. The van der Waals surface area contributed by atoms with E-state index in [1.165, 1.54) is 6.33 Å². The predicted molar refractivity (Wildman–Crippen MR) is 71.7 cm³/mol. The van der Waals surface area contributed by atoms with Gasteiger partial charge in [-0.05, 0) is 27.7 Å². The van der Waals surface area contributed by atoms with Crippen molar-refractivity contribution < 1.29 is 9.53 Å². The van der Waals surface area contributed by atoms with Gasteiger partial charge in [-0.25, -0.2) is 14.5 Å². The summed E-state index contributed by atoms with van der Waals surface area (Å²) in [6, 6.07) is 0. The van der Waals surface area contributed by atoms with Crippen LogP contribution in [0.15, 0.2) is 6.33 Å². The Morgan fingerprint density at radius 2 is 2.26 bits per heavy atom. The van der Waals surface area contributed by atoms with Crippen molar-refractivity contribution in [2.75, 3.05) is 13.1 Å². The molecule has 1 atom stereocenters. The van der Waals surface area contributed by atoms with Crippen molar-refractivity contribution in [1.82, 2.24) is 20.1 Å². The topological polar surface area (TPSA) is 95.1 Å². The van der Waals surface area contributed by atoms with Gasteiger partial charge in [0.05, 0.1) is 0 Å². The summed E-state index contributed by atoms with van der Waals surface area (Å²) in [5.74, 6) is 0.705. The first kappa shape index (κ1) is 15.4. The van der Waals surface area contributed by atoms with Crippen LogP contribution in [0.25, 0.3) is 0 Å². The number of carbonyl (C=O) groups excluding carboxylic acids is 1. The normalized spacial score (nSPS) is 13.1. The molecule has 0 radical (unpaired) electrons. The number of hydrogen-bond donors (Lipinski definition) is 2. The quantitative estimate of drug-likeness (QED) is 0.826. The van der Waals surface area contributed by atoms with E-state index in [-0.39, 0.29) is 5.92 Å². The summed E-state index contributed by atoms with van der Waals surface area (Å²) in [4.78, 5) is 15.8. The Hall–Kier alpha value is -1.63. The smallest absolute Gasteiger partial charge is 0.407 e. The highest BCUT2D eigenvalue weighted by molar-refractivity contribution is 5.67. The maximum atomic E-state index is 11.6. The van der Waals surface area contributed by atoms with E-state index in [4.69, 9.17) is 10.5 Å². The van der Waals surface area contributed by atoms with Crippen molar-refractivity contribution in [3.05, 3.63) is 12.2 Å². The number of ether oxygens (including phenoxy) is 1. The Balaban J connectivity index is 2.57. The van der Waals surface area contributed by atoms with Crippen molar-refractivity contribution in [3.63, 3.8) is 0 Å². The molecular weight excluding hydrogens is 246 g/mol.